The minimum Gasteiger partial charge on any atom is -0.388 e. The van der Waals surface area contributed by atoms with Gasteiger partial charge in [-0.2, -0.15) is 0 Å². The summed E-state index contributed by atoms with van der Waals surface area (Å²) in [6.07, 6.45) is 5.76. The van der Waals surface area contributed by atoms with Crippen molar-refractivity contribution >= 4 is 5.82 Å². The van der Waals surface area contributed by atoms with Crippen molar-refractivity contribution in [3.8, 4) is 0 Å². The molecule has 1 aromatic rings. The Hall–Kier alpha value is -1.16. The number of anilines is 1. The summed E-state index contributed by atoms with van der Waals surface area (Å²) in [4.78, 5) is 8.26. The van der Waals surface area contributed by atoms with Gasteiger partial charge in [-0.3, -0.25) is 0 Å². The Morgan fingerprint density at radius 2 is 2.20 bits per heavy atom. The molecule has 1 aromatic heterocycles. The van der Waals surface area contributed by atoms with Gasteiger partial charge in [-0.25, -0.2) is 9.97 Å². The fourth-order valence-corrected chi connectivity index (χ4v) is 2.02. The molecule has 15 heavy (non-hydrogen) atoms. The van der Waals surface area contributed by atoms with E-state index < -0.39 is 5.60 Å². The van der Waals surface area contributed by atoms with Gasteiger partial charge in [0.25, 0.3) is 0 Å². The van der Waals surface area contributed by atoms with Crippen LogP contribution in [0, 0.1) is 6.92 Å². The molecule has 0 saturated heterocycles. The van der Waals surface area contributed by atoms with E-state index in [-0.39, 0.29) is 0 Å². The highest BCUT2D eigenvalue weighted by Gasteiger charge is 2.30. The summed E-state index contributed by atoms with van der Waals surface area (Å²) in [5.41, 5.74) is -0.529. The van der Waals surface area contributed by atoms with Gasteiger partial charge in [-0.15, -0.1) is 0 Å². The van der Waals surface area contributed by atoms with Crippen LogP contribution < -0.4 is 5.32 Å². The maximum absolute atomic E-state index is 10.1. The van der Waals surface area contributed by atoms with Crippen LogP contribution in [-0.4, -0.2) is 27.2 Å². The van der Waals surface area contributed by atoms with Crippen molar-refractivity contribution in [1.82, 2.24) is 9.97 Å². The fourth-order valence-electron chi connectivity index (χ4n) is 2.02. The Bertz CT molecular complexity index is 334. The topological polar surface area (TPSA) is 58.0 Å². The molecule has 82 valence electrons. The number of rotatable bonds is 3. The molecule has 4 heteroatoms. The summed E-state index contributed by atoms with van der Waals surface area (Å²) in [6.45, 7) is 2.44. The molecule has 1 aliphatic rings. The van der Waals surface area contributed by atoms with E-state index in [1.54, 1.807) is 6.20 Å². The number of aliphatic hydroxyl groups is 1. The minimum atomic E-state index is -0.529. The SMILES string of the molecule is Cc1nccc(NCC2(O)CCCC2)n1. The quantitative estimate of drug-likeness (QED) is 0.788. The van der Waals surface area contributed by atoms with Gasteiger partial charge in [0.1, 0.15) is 11.6 Å². The predicted octanol–water partition coefficient (Wildman–Crippen LogP) is 1.50. The summed E-state index contributed by atoms with van der Waals surface area (Å²) < 4.78 is 0. The summed E-state index contributed by atoms with van der Waals surface area (Å²) in [5, 5.41) is 13.3. The highest BCUT2D eigenvalue weighted by Crippen LogP contribution is 2.29. The molecule has 0 amide bonds. The number of hydrogen-bond acceptors (Lipinski definition) is 4. The number of aryl methyl sites for hydroxylation is 1. The average Bonchev–Trinajstić information content (AvgIpc) is 2.63. The standard InChI is InChI=1S/C11H17N3O/c1-9-12-7-4-10(14-9)13-8-11(15)5-2-3-6-11/h4,7,15H,2-3,5-6,8H2,1H3,(H,12,13,14). The van der Waals surface area contributed by atoms with Crippen LogP contribution in [0.3, 0.4) is 0 Å². The molecule has 2 N–H and O–H groups in total. The summed E-state index contributed by atoms with van der Waals surface area (Å²) in [7, 11) is 0. The molecule has 1 heterocycles. The molecular formula is C11H17N3O. The van der Waals surface area contributed by atoms with Crippen molar-refractivity contribution in [3.05, 3.63) is 18.1 Å². The number of nitrogens with one attached hydrogen (secondary N) is 1. The van der Waals surface area contributed by atoms with Gasteiger partial charge >= 0.3 is 0 Å². The molecule has 4 nitrogen and oxygen atoms in total. The highest BCUT2D eigenvalue weighted by atomic mass is 16.3. The number of hydrogen-bond donors (Lipinski definition) is 2. The third-order valence-electron chi connectivity index (χ3n) is 2.91. The molecular weight excluding hydrogens is 190 g/mol. The van der Waals surface area contributed by atoms with E-state index in [1.807, 2.05) is 13.0 Å². The first-order chi connectivity index (χ1) is 7.18. The van der Waals surface area contributed by atoms with Gasteiger partial charge in [0.2, 0.25) is 0 Å². The summed E-state index contributed by atoms with van der Waals surface area (Å²) in [5.74, 6) is 1.54. The zero-order valence-corrected chi connectivity index (χ0v) is 9.03. The number of aromatic nitrogens is 2. The van der Waals surface area contributed by atoms with Gasteiger partial charge in [0, 0.05) is 12.7 Å². The highest BCUT2D eigenvalue weighted by molar-refractivity contribution is 5.33. The molecule has 0 spiro atoms. The molecule has 0 unspecified atom stereocenters. The van der Waals surface area contributed by atoms with E-state index in [1.165, 1.54) is 0 Å². The van der Waals surface area contributed by atoms with Crippen LogP contribution in [0.4, 0.5) is 5.82 Å². The van der Waals surface area contributed by atoms with Crippen molar-refractivity contribution in [1.29, 1.82) is 0 Å². The van der Waals surface area contributed by atoms with Crippen LogP contribution in [0.2, 0.25) is 0 Å². The molecule has 0 atom stereocenters. The van der Waals surface area contributed by atoms with Crippen LogP contribution >= 0.6 is 0 Å². The first-order valence-corrected chi connectivity index (χ1v) is 5.44. The maximum Gasteiger partial charge on any atom is 0.129 e. The van der Waals surface area contributed by atoms with E-state index >= 15 is 0 Å². The average molecular weight is 207 g/mol. The second-order valence-corrected chi connectivity index (χ2v) is 4.27. The third kappa shape index (κ3) is 2.65. The molecule has 2 rings (SSSR count). The Morgan fingerprint density at radius 3 is 2.87 bits per heavy atom. The van der Waals surface area contributed by atoms with Gasteiger partial charge < -0.3 is 10.4 Å². The van der Waals surface area contributed by atoms with Crippen LogP contribution in [0.1, 0.15) is 31.5 Å². The molecule has 0 bridgehead atoms. The monoisotopic (exact) mass is 207 g/mol. The second-order valence-electron chi connectivity index (χ2n) is 4.27. The lowest BCUT2D eigenvalue weighted by Crippen LogP contribution is -2.33. The Balaban J connectivity index is 1.92. The summed E-state index contributed by atoms with van der Waals surface area (Å²) >= 11 is 0. The normalized spacial score (nSPS) is 19.1. The van der Waals surface area contributed by atoms with Gasteiger partial charge in [0.05, 0.1) is 5.60 Å². The molecule has 1 aliphatic carbocycles. The lowest BCUT2D eigenvalue weighted by molar-refractivity contribution is 0.0614. The van der Waals surface area contributed by atoms with Crippen molar-refractivity contribution < 1.29 is 5.11 Å². The van der Waals surface area contributed by atoms with Crippen molar-refractivity contribution in [3.63, 3.8) is 0 Å². The maximum atomic E-state index is 10.1. The molecule has 0 aliphatic heterocycles. The largest absolute Gasteiger partial charge is 0.388 e. The Labute approximate surface area is 89.8 Å². The lowest BCUT2D eigenvalue weighted by Gasteiger charge is -2.22. The molecule has 1 saturated carbocycles. The summed E-state index contributed by atoms with van der Waals surface area (Å²) in [6, 6.07) is 1.82. The first kappa shape index (κ1) is 10.4. The fraction of sp³-hybridized carbons (Fsp3) is 0.636. The zero-order valence-electron chi connectivity index (χ0n) is 9.03. The van der Waals surface area contributed by atoms with Crippen LogP contribution in [0.15, 0.2) is 12.3 Å². The molecule has 0 aromatic carbocycles. The van der Waals surface area contributed by atoms with Crippen LogP contribution in [-0.2, 0) is 0 Å². The smallest absolute Gasteiger partial charge is 0.129 e. The third-order valence-corrected chi connectivity index (χ3v) is 2.91. The first-order valence-electron chi connectivity index (χ1n) is 5.44. The van der Waals surface area contributed by atoms with E-state index in [0.29, 0.717) is 6.54 Å². The van der Waals surface area contributed by atoms with Crippen molar-refractivity contribution in [2.45, 2.75) is 38.2 Å². The molecule has 0 radical (unpaired) electrons. The molecule has 1 fully saturated rings. The minimum absolute atomic E-state index is 0.529. The lowest BCUT2D eigenvalue weighted by atomic mass is 10.0. The zero-order chi connectivity index (χ0) is 10.7. The predicted molar refractivity (Wildman–Crippen MR) is 58.7 cm³/mol. The van der Waals surface area contributed by atoms with E-state index in [4.69, 9.17) is 0 Å². The van der Waals surface area contributed by atoms with Crippen LogP contribution in [0.25, 0.3) is 0 Å². The van der Waals surface area contributed by atoms with E-state index in [0.717, 1.165) is 37.3 Å². The van der Waals surface area contributed by atoms with Gasteiger partial charge in [-0.05, 0) is 25.8 Å². The van der Waals surface area contributed by atoms with Crippen molar-refractivity contribution in [2.24, 2.45) is 0 Å². The van der Waals surface area contributed by atoms with E-state index in [9.17, 15) is 5.11 Å². The van der Waals surface area contributed by atoms with Gasteiger partial charge in [-0.1, -0.05) is 12.8 Å². The second kappa shape index (κ2) is 4.14. The van der Waals surface area contributed by atoms with E-state index in [2.05, 4.69) is 15.3 Å². The Kier molecular flexibility index (Phi) is 2.86. The van der Waals surface area contributed by atoms with Gasteiger partial charge in [0.15, 0.2) is 0 Å². The van der Waals surface area contributed by atoms with Crippen LogP contribution in [0.5, 0.6) is 0 Å². The number of nitrogens with zero attached hydrogens (tertiary/aromatic N) is 2. The Morgan fingerprint density at radius 1 is 1.47 bits per heavy atom. The van der Waals surface area contributed by atoms with Crippen molar-refractivity contribution in [2.75, 3.05) is 11.9 Å².